The van der Waals surface area contributed by atoms with Crippen molar-refractivity contribution in [3.63, 3.8) is 0 Å². The van der Waals surface area contributed by atoms with Crippen molar-refractivity contribution in [1.82, 2.24) is 20.3 Å². The average Bonchev–Trinajstić information content (AvgIpc) is 2.56. The highest BCUT2D eigenvalue weighted by atomic mass is 16.3. The molecular formula is C19H24N4O3. The van der Waals surface area contributed by atoms with E-state index in [0.717, 1.165) is 5.69 Å². The maximum absolute atomic E-state index is 12.8. The van der Waals surface area contributed by atoms with E-state index in [1.807, 2.05) is 39.0 Å². The van der Waals surface area contributed by atoms with Gasteiger partial charge in [0.1, 0.15) is 5.69 Å². The van der Waals surface area contributed by atoms with Crippen LogP contribution in [0, 0.1) is 5.92 Å². The van der Waals surface area contributed by atoms with Gasteiger partial charge in [0.25, 0.3) is 5.91 Å². The van der Waals surface area contributed by atoms with Gasteiger partial charge in [-0.15, -0.1) is 0 Å². The van der Waals surface area contributed by atoms with Crippen LogP contribution in [0.4, 0.5) is 0 Å². The number of carbonyl (C=O) groups excluding carboxylic acids is 1. The van der Waals surface area contributed by atoms with Gasteiger partial charge in [-0.25, -0.2) is 4.79 Å². The Bertz CT molecular complexity index is 836. The molecular weight excluding hydrogens is 332 g/mol. The number of carbonyl (C=O) groups is 1. The average molecular weight is 356 g/mol. The van der Waals surface area contributed by atoms with Gasteiger partial charge in [-0.1, -0.05) is 26.8 Å². The first-order valence-corrected chi connectivity index (χ1v) is 8.76. The fourth-order valence-electron chi connectivity index (χ4n) is 3.09. The van der Waals surface area contributed by atoms with Crippen LogP contribution in [0.3, 0.4) is 0 Å². The SMILES string of the molecule is CC(C)(C)c1cc(C(=O)NC(c2ccccn2)C2CC(O)C2)nc(=O)[nH]1. The van der Waals surface area contributed by atoms with Gasteiger partial charge in [0.15, 0.2) is 0 Å². The number of aromatic nitrogens is 3. The molecule has 0 aromatic carbocycles. The van der Waals surface area contributed by atoms with E-state index in [2.05, 4.69) is 20.3 Å². The third-order valence-corrected chi connectivity index (χ3v) is 4.70. The Morgan fingerprint density at radius 3 is 2.65 bits per heavy atom. The highest BCUT2D eigenvalue weighted by molar-refractivity contribution is 5.92. The molecule has 2 heterocycles. The van der Waals surface area contributed by atoms with Crippen molar-refractivity contribution in [2.75, 3.05) is 0 Å². The van der Waals surface area contributed by atoms with Gasteiger partial charge >= 0.3 is 5.69 Å². The zero-order valence-corrected chi connectivity index (χ0v) is 15.2. The summed E-state index contributed by atoms with van der Waals surface area (Å²) in [4.78, 5) is 35.5. The van der Waals surface area contributed by atoms with Crippen LogP contribution >= 0.6 is 0 Å². The quantitative estimate of drug-likeness (QED) is 0.773. The highest BCUT2D eigenvalue weighted by Gasteiger charge is 2.36. The van der Waals surface area contributed by atoms with Crippen LogP contribution in [-0.2, 0) is 5.41 Å². The largest absolute Gasteiger partial charge is 0.393 e. The van der Waals surface area contributed by atoms with Gasteiger partial charge in [0, 0.05) is 17.3 Å². The summed E-state index contributed by atoms with van der Waals surface area (Å²) in [5.74, 6) is -0.313. The van der Waals surface area contributed by atoms with Gasteiger partial charge in [0.05, 0.1) is 17.8 Å². The van der Waals surface area contributed by atoms with E-state index >= 15 is 0 Å². The number of H-pyrrole nitrogens is 1. The minimum Gasteiger partial charge on any atom is -0.393 e. The number of hydrogen-bond donors (Lipinski definition) is 3. The lowest BCUT2D eigenvalue weighted by Crippen LogP contribution is -2.42. The van der Waals surface area contributed by atoms with Gasteiger partial charge in [-0.05, 0) is 37.0 Å². The predicted molar refractivity (Wildman–Crippen MR) is 96.7 cm³/mol. The lowest BCUT2D eigenvalue weighted by molar-refractivity contribution is 0.0227. The maximum atomic E-state index is 12.8. The molecule has 1 atom stereocenters. The van der Waals surface area contributed by atoms with Crippen molar-refractivity contribution in [3.8, 4) is 0 Å². The molecule has 0 spiro atoms. The lowest BCUT2D eigenvalue weighted by Gasteiger charge is -2.37. The van der Waals surface area contributed by atoms with Crippen molar-refractivity contribution >= 4 is 5.91 Å². The van der Waals surface area contributed by atoms with E-state index in [0.29, 0.717) is 18.5 Å². The van der Waals surface area contributed by atoms with Crippen molar-refractivity contribution < 1.29 is 9.90 Å². The van der Waals surface area contributed by atoms with E-state index in [1.165, 1.54) is 0 Å². The van der Waals surface area contributed by atoms with Crippen LogP contribution in [0.5, 0.6) is 0 Å². The summed E-state index contributed by atoms with van der Waals surface area (Å²) in [7, 11) is 0. The van der Waals surface area contributed by atoms with Gasteiger partial charge in [-0.2, -0.15) is 4.98 Å². The van der Waals surface area contributed by atoms with Crippen LogP contribution < -0.4 is 11.0 Å². The Morgan fingerprint density at radius 1 is 1.35 bits per heavy atom. The van der Waals surface area contributed by atoms with Gasteiger partial charge < -0.3 is 15.4 Å². The van der Waals surface area contributed by atoms with Crippen molar-refractivity contribution in [2.24, 2.45) is 5.92 Å². The Labute approximate surface area is 151 Å². The monoisotopic (exact) mass is 356 g/mol. The molecule has 0 saturated heterocycles. The van der Waals surface area contributed by atoms with Crippen LogP contribution in [0.15, 0.2) is 35.3 Å². The van der Waals surface area contributed by atoms with E-state index in [1.54, 1.807) is 12.3 Å². The summed E-state index contributed by atoms with van der Waals surface area (Å²) >= 11 is 0. The molecule has 1 unspecified atom stereocenters. The first-order valence-electron chi connectivity index (χ1n) is 8.76. The van der Waals surface area contributed by atoms with Crippen molar-refractivity contribution in [2.45, 2.75) is 51.2 Å². The molecule has 1 amide bonds. The molecule has 0 aliphatic heterocycles. The maximum Gasteiger partial charge on any atom is 0.345 e. The summed E-state index contributed by atoms with van der Waals surface area (Å²) in [6.45, 7) is 5.85. The molecule has 3 rings (SSSR count). The smallest absolute Gasteiger partial charge is 0.345 e. The number of aromatic amines is 1. The fourth-order valence-corrected chi connectivity index (χ4v) is 3.09. The van der Waals surface area contributed by atoms with Gasteiger partial charge in [0.2, 0.25) is 0 Å². The van der Waals surface area contributed by atoms with Crippen molar-refractivity contribution in [3.05, 3.63) is 58.0 Å². The van der Waals surface area contributed by atoms with Gasteiger partial charge in [-0.3, -0.25) is 9.78 Å². The molecule has 1 aliphatic carbocycles. The second-order valence-electron chi connectivity index (χ2n) is 7.83. The zero-order chi connectivity index (χ0) is 18.9. The number of amides is 1. The lowest BCUT2D eigenvalue weighted by atomic mass is 9.76. The standard InChI is InChI=1S/C19H24N4O3/c1-19(2,3)15-10-14(21-18(26)22-15)17(25)23-16(11-8-12(24)9-11)13-6-4-5-7-20-13/h4-7,10-12,16,24H,8-9H2,1-3H3,(H,23,25)(H,21,22,26). The molecule has 7 nitrogen and oxygen atoms in total. The number of aliphatic hydroxyl groups is 1. The Hall–Kier alpha value is -2.54. The molecule has 7 heteroatoms. The van der Waals surface area contributed by atoms with E-state index in [4.69, 9.17) is 0 Å². The fraction of sp³-hybridized carbons (Fsp3) is 0.474. The predicted octanol–water partition coefficient (Wildman–Crippen LogP) is 1.70. The number of pyridine rings is 1. The van der Waals surface area contributed by atoms with E-state index < -0.39 is 11.6 Å². The summed E-state index contributed by atoms with van der Waals surface area (Å²) in [5, 5.41) is 12.6. The highest BCUT2D eigenvalue weighted by Crippen LogP contribution is 2.37. The van der Waals surface area contributed by atoms with Crippen LogP contribution in [0.25, 0.3) is 0 Å². The topological polar surface area (TPSA) is 108 Å². The second kappa shape index (κ2) is 6.99. The second-order valence-corrected chi connectivity index (χ2v) is 7.83. The zero-order valence-electron chi connectivity index (χ0n) is 15.2. The molecule has 0 radical (unpaired) electrons. The molecule has 1 fully saturated rings. The summed E-state index contributed by atoms with van der Waals surface area (Å²) < 4.78 is 0. The molecule has 138 valence electrons. The van der Waals surface area contributed by atoms with Crippen LogP contribution in [0.1, 0.15) is 61.5 Å². The molecule has 2 aromatic heterocycles. The number of nitrogens with one attached hydrogen (secondary N) is 2. The van der Waals surface area contributed by atoms with Crippen LogP contribution in [-0.4, -0.2) is 32.1 Å². The first kappa shape index (κ1) is 18.3. The normalized spacial score (nSPS) is 20.9. The third-order valence-electron chi connectivity index (χ3n) is 4.70. The van der Waals surface area contributed by atoms with Crippen LogP contribution in [0.2, 0.25) is 0 Å². The molecule has 3 N–H and O–H groups in total. The number of rotatable bonds is 4. The molecule has 1 saturated carbocycles. The summed E-state index contributed by atoms with van der Waals surface area (Å²) in [6, 6.07) is 6.81. The summed E-state index contributed by atoms with van der Waals surface area (Å²) in [6.07, 6.45) is 2.55. The van der Waals surface area contributed by atoms with E-state index in [9.17, 15) is 14.7 Å². The molecule has 1 aliphatic rings. The Balaban J connectivity index is 1.87. The van der Waals surface area contributed by atoms with E-state index in [-0.39, 0.29) is 29.2 Å². The number of nitrogens with zero attached hydrogens (tertiary/aromatic N) is 2. The Morgan fingerprint density at radius 2 is 2.08 bits per heavy atom. The first-order chi connectivity index (χ1) is 12.2. The third kappa shape index (κ3) is 3.99. The Kier molecular flexibility index (Phi) is 4.91. The van der Waals surface area contributed by atoms with Crippen molar-refractivity contribution in [1.29, 1.82) is 0 Å². The summed E-state index contributed by atoms with van der Waals surface area (Å²) in [5.41, 5.74) is 0.612. The minimum absolute atomic E-state index is 0.0829. The number of aliphatic hydroxyl groups excluding tert-OH is 1. The molecule has 2 aromatic rings. The minimum atomic E-state index is -0.545. The molecule has 26 heavy (non-hydrogen) atoms. The molecule has 0 bridgehead atoms. The number of hydrogen-bond acceptors (Lipinski definition) is 5.